The van der Waals surface area contributed by atoms with Crippen LogP contribution in [-0.4, -0.2) is 36.1 Å². The summed E-state index contributed by atoms with van der Waals surface area (Å²) in [5, 5.41) is 7.75. The quantitative estimate of drug-likeness (QED) is 0.278. The van der Waals surface area contributed by atoms with Crippen LogP contribution < -0.4 is 14.2 Å². The number of methoxy groups -OCH3 is 3. The van der Waals surface area contributed by atoms with E-state index in [2.05, 4.69) is 0 Å². The molecule has 0 fully saturated rings. The molecule has 0 amide bonds. The molecule has 5 rings (SSSR count). The van der Waals surface area contributed by atoms with E-state index in [-0.39, 0.29) is 0 Å². The zero-order valence-corrected chi connectivity index (χ0v) is 19.9. The second kappa shape index (κ2) is 9.41. The number of benzene rings is 3. The third kappa shape index (κ3) is 4.02. The predicted octanol–water partition coefficient (Wildman–Crippen LogP) is 6.36. The molecule has 6 nitrogen and oxygen atoms in total. The third-order valence-electron chi connectivity index (χ3n) is 5.53. The number of aromatic nitrogens is 3. The van der Waals surface area contributed by atoms with Gasteiger partial charge in [-0.2, -0.15) is 5.10 Å². The lowest BCUT2D eigenvalue weighted by Crippen LogP contribution is -2.00. The Balaban J connectivity index is 1.65. The molecular weight excluding hydrogens is 446 g/mol. The first-order chi connectivity index (χ1) is 16.7. The van der Waals surface area contributed by atoms with Gasteiger partial charge in [-0.15, -0.1) is 11.3 Å². The molecule has 0 aliphatic carbocycles. The Morgan fingerprint density at radius 2 is 1.35 bits per heavy atom. The van der Waals surface area contributed by atoms with E-state index in [4.69, 9.17) is 24.3 Å². The summed E-state index contributed by atoms with van der Waals surface area (Å²) in [6, 6.07) is 25.7. The first-order valence-corrected chi connectivity index (χ1v) is 11.6. The highest BCUT2D eigenvalue weighted by Gasteiger charge is 2.20. The van der Waals surface area contributed by atoms with Gasteiger partial charge in [0, 0.05) is 22.1 Å². The van der Waals surface area contributed by atoms with Crippen LogP contribution in [0.15, 0.2) is 84.2 Å². The molecule has 0 aliphatic rings. The van der Waals surface area contributed by atoms with Gasteiger partial charge in [-0.1, -0.05) is 24.3 Å². The van der Waals surface area contributed by atoms with Gasteiger partial charge >= 0.3 is 0 Å². The average molecular weight is 470 g/mol. The van der Waals surface area contributed by atoms with Gasteiger partial charge in [0.05, 0.1) is 38.4 Å². The molecular formula is C27H23N3O3S. The summed E-state index contributed by atoms with van der Waals surface area (Å²) in [6.45, 7) is 0. The molecule has 0 aliphatic heterocycles. The Bertz CT molecular complexity index is 1420. The maximum Gasteiger partial charge on any atom is 0.211 e. The van der Waals surface area contributed by atoms with Crippen molar-refractivity contribution in [3.05, 3.63) is 84.2 Å². The van der Waals surface area contributed by atoms with Crippen molar-refractivity contribution in [2.24, 2.45) is 0 Å². The van der Waals surface area contributed by atoms with Crippen LogP contribution in [0, 0.1) is 0 Å². The molecule has 0 spiro atoms. The largest absolute Gasteiger partial charge is 0.497 e. The summed E-state index contributed by atoms with van der Waals surface area (Å²) < 4.78 is 18.4. The van der Waals surface area contributed by atoms with Crippen molar-refractivity contribution < 1.29 is 14.2 Å². The molecule has 3 aromatic carbocycles. The molecule has 0 unspecified atom stereocenters. The molecule has 7 heteroatoms. The minimum atomic E-state index is 0.757. The lowest BCUT2D eigenvalue weighted by Gasteiger charge is -2.09. The highest BCUT2D eigenvalue weighted by atomic mass is 32.1. The van der Waals surface area contributed by atoms with Gasteiger partial charge in [0.2, 0.25) is 5.13 Å². The number of ether oxygens (including phenoxy) is 3. The van der Waals surface area contributed by atoms with Gasteiger partial charge in [0.25, 0.3) is 0 Å². The second-order valence-corrected chi connectivity index (χ2v) is 8.31. The third-order valence-corrected chi connectivity index (χ3v) is 6.35. The second-order valence-electron chi connectivity index (χ2n) is 7.47. The number of hydrogen-bond acceptors (Lipinski definition) is 6. The van der Waals surface area contributed by atoms with Crippen molar-refractivity contribution in [3.8, 4) is 56.2 Å². The van der Waals surface area contributed by atoms with Gasteiger partial charge in [0.15, 0.2) is 0 Å². The van der Waals surface area contributed by atoms with Crippen molar-refractivity contribution in [3.63, 3.8) is 0 Å². The van der Waals surface area contributed by atoms with Crippen LogP contribution in [0.1, 0.15) is 0 Å². The number of hydrogen-bond donors (Lipinski definition) is 0. The molecule has 0 saturated carbocycles. The average Bonchev–Trinajstić information content (AvgIpc) is 3.56. The predicted molar refractivity (Wildman–Crippen MR) is 135 cm³/mol. The smallest absolute Gasteiger partial charge is 0.211 e. The number of thiazole rings is 1. The summed E-state index contributed by atoms with van der Waals surface area (Å²) >= 11 is 1.53. The summed E-state index contributed by atoms with van der Waals surface area (Å²) in [5.74, 6) is 2.34. The number of rotatable bonds is 7. The first kappa shape index (κ1) is 21.7. The molecule has 0 saturated heterocycles. The van der Waals surface area contributed by atoms with Gasteiger partial charge in [-0.3, -0.25) is 0 Å². The van der Waals surface area contributed by atoms with Crippen molar-refractivity contribution in [2.45, 2.75) is 0 Å². The van der Waals surface area contributed by atoms with E-state index in [1.165, 1.54) is 11.3 Å². The number of nitrogens with zero attached hydrogens (tertiary/aromatic N) is 3. The fraction of sp³-hybridized carbons (Fsp3) is 0.111. The molecule has 34 heavy (non-hydrogen) atoms. The Labute approximate surface area is 202 Å². The molecule has 0 atom stereocenters. The summed E-state index contributed by atoms with van der Waals surface area (Å²) in [5.41, 5.74) is 5.41. The fourth-order valence-electron chi connectivity index (χ4n) is 3.82. The Kier molecular flexibility index (Phi) is 6.01. The Morgan fingerprint density at radius 3 is 2.03 bits per heavy atom. The molecule has 0 bridgehead atoms. The van der Waals surface area contributed by atoms with Crippen LogP contribution in [0.2, 0.25) is 0 Å². The van der Waals surface area contributed by atoms with E-state index in [1.54, 1.807) is 21.3 Å². The van der Waals surface area contributed by atoms with Crippen LogP contribution in [0.3, 0.4) is 0 Å². The van der Waals surface area contributed by atoms with E-state index in [9.17, 15) is 0 Å². The molecule has 5 aromatic rings. The lowest BCUT2D eigenvalue weighted by molar-refractivity contribution is 0.415. The van der Waals surface area contributed by atoms with Crippen molar-refractivity contribution in [1.82, 2.24) is 14.8 Å². The van der Waals surface area contributed by atoms with E-state index in [0.29, 0.717) is 0 Å². The number of para-hydroxylation sites is 2. The topological polar surface area (TPSA) is 58.4 Å². The standard InChI is InChI=1S/C27H23N3O3S/c1-31-19-14-12-18(13-15-19)23-17-34-27(28-23)30-24(21-9-5-7-11-26(21)33-3)16-22(29-30)20-8-4-6-10-25(20)32-2/h4-17H,1-3H3. The van der Waals surface area contributed by atoms with Gasteiger partial charge in [0.1, 0.15) is 17.2 Å². The fourth-order valence-corrected chi connectivity index (χ4v) is 4.61. The van der Waals surface area contributed by atoms with Gasteiger partial charge in [-0.25, -0.2) is 9.67 Å². The maximum atomic E-state index is 5.65. The van der Waals surface area contributed by atoms with E-state index in [0.717, 1.165) is 56.2 Å². The molecule has 170 valence electrons. The minimum absolute atomic E-state index is 0.757. The van der Waals surface area contributed by atoms with Crippen LogP contribution in [0.5, 0.6) is 17.2 Å². The van der Waals surface area contributed by atoms with Gasteiger partial charge < -0.3 is 14.2 Å². The first-order valence-electron chi connectivity index (χ1n) is 10.7. The minimum Gasteiger partial charge on any atom is -0.497 e. The highest BCUT2D eigenvalue weighted by molar-refractivity contribution is 7.12. The van der Waals surface area contributed by atoms with Crippen LogP contribution in [0.25, 0.3) is 38.9 Å². The van der Waals surface area contributed by atoms with Crippen LogP contribution in [-0.2, 0) is 0 Å². The highest BCUT2D eigenvalue weighted by Crippen LogP contribution is 2.37. The van der Waals surface area contributed by atoms with Crippen LogP contribution in [0.4, 0.5) is 0 Å². The Hall–Kier alpha value is -4.10. The maximum absolute atomic E-state index is 5.65. The van der Waals surface area contributed by atoms with Crippen molar-refractivity contribution >= 4 is 11.3 Å². The van der Waals surface area contributed by atoms with Crippen molar-refractivity contribution in [2.75, 3.05) is 21.3 Å². The lowest BCUT2D eigenvalue weighted by atomic mass is 10.1. The van der Waals surface area contributed by atoms with Crippen molar-refractivity contribution in [1.29, 1.82) is 0 Å². The monoisotopic (exact) mass is 469 g/mol. The molecule has 2 aromatic heterocycles. The summed E-state index contributed by atoms with van der Waals surface area (Å²) in [4.78, 5) is 4.90. The van der Waals surface area contributed by atoms with E-state index < -0.39 is 0 Å². The summed E-state index contributed by atoms with van der Waals surface area (Å²) in [6.07, 6.45) is 0. The Morgan fingerprint density at radius 1 is 0.706 bits per heavy atom. The SMILES string of the molecule is COc1ccc(-c2csc(-n3nc(-c4ccccc4OC)cc3-c3ccccc3OC)n2)cc1. The zero-order chi connectivity index (χ0) is 23.5. The van der Waals surface area contributed by atoms with Gasteiger partial charge in [-0.05, 0) is 54.6 Å². The summed E-state index contributed by atoms with van der Waals surface area (Å²) in [7, 11) is 5.00. The molecule has 2 heterocycles. The van der Waals surface area contributed by atoms with E-state index in [1.807, 2.05) is 88.9 Å². The van der Waals surface area contributed by atoms with E-state index >= 15 is 0 Å². The van der Waals surface area contributed by atoms with Crippen LogP contribution >= 0.6 is 11.3 Å². The zero-order valence-electron chi connectivity index (χ0n) is 19.1. The normalized spacial score (nSPS) is 10.8. The molecule has 0 radical (unpaired) electrons. The molecule has 0 N–H and O–H groups in total.